The molecule has 0 bridgehead atoms. The van der Waals surface area contributed by atoms with E-state index in [4.69, 9.17) is 5.73 Å². The van der Waals surface area contributed by atoms with Gasteiger partial charge in [-0.1, -0.05) is 59.2 Å². The van der Waals surface area contributed by atoms with Crippen molar-refractivity contribution < 1.29 is 9.59 Å². The number of fused-ring (bicyclic) bond motifs is 1. The van der Waals surface area contributed by atoms with Gasteiger partial charge in [-0.2, -0.15) is 0 Å². The molecule has 1 aromatic rings. The largest absolute Gasteiger partial charge is 0.356 e. The van der Waals surface area contributed by atoms with Crippen LogP contribution in [-0.2, 0) is 16.0 Å². The van der Waals surface area contributed by atoms with Gasteiger partial charge in [-0.3, -0.25) is 9.59 Å². The summed E-state index contributed by atoms with van der Waals surface area (Å²) in [6.45, 7) is 12.1. The average Bonchev–Trinajstić information content (AvgIpc) is 2.72. The highest BCUT2D eigenvalue weighted by atomic mass is 16.2. The van der Waals surface area contributed by atoms with Crippen molar-refractivity contribution in [2.75, 3.05) is 18.0 Å². The summed E-state index contributed by atoms with van der Waals surface area (Å²) in [5.74, 6) is 0.433. The number of hydrogen-bond acceptors (Lipinski definition) is 3. The van der Waals surface area contributed by atoms with E-state index in [-0.39, 0.29) is 35.1 Å². The van der Waals surface area contributed by atoms with Gasteiger partial charge >= 0.3 is 0 Å². The van der Waals surface area contributed by atoms with Gasteiger partial charge in [0.2, 0.25) is 11.8 Å². The fourth-order valence-electron chi connectivity index (χ4n) is 4.70. The summed E-state index contributed by atoms with van der Waals surface area (Å²) in [6.07, 6.45) is 6.17. The molecular weight excluding hydrogens is 386 g/mol. The highest BCUT2D eigenvalue weighted by Gasteiger charge is 2.31. The normalized spacial score (nSPS) is 16.9. The van der Waals surface area contributed by atoms with Crippen LogP contribution in [0.25, 0.3) is 0 Å². The first-order valence-electron chi connectivity index (χ1n) is 12.1. The molecule has 1 heterocycles. The average molecular weight is 430 g/mol. The van der Waals surface area contributed by atoms with Crippen molar-refractivity contribution in [1.29, 1.82) is 0 Å². The Hall–Kier alpha value is -1.88. The van der Waals surface area contributed by atoms with Crippen molar-refractivity contribution >= 4 is 17.5 Å². The summed E-state index contributed by atoms with van der Waals surface area (Å²) in [5, 5.41) is 3.00. The topological polar surface area (TPSA) is 75.4 Å². The minimum absolute atomic E-state index is 0.0583. The van der Waals surface area contributed by atoms with Crippen molar-refractivity contribution in [3.05, 3.63) is 29.8 Å². The summed E-state index contributed by atoms with van der Waals surface area (Å²) in [7, 11) is 0. The van der Waals surface area contributed by atoms with Gasteiger partial charge in [0.25, 0.3) is 0 Å². The number of rotatable bonds is 11. The quantitative estimate of drug-likeness (QED) is 0.502. The third kappa shape index (κ3) is 7.64. The molecule has 0 saturated heterocycles. The van der Waals surface area contributed by atoms with Crippen LogP contribution in [0.4, 0.5) is 5.69 Å². The van der Waals surface area contributed by atoms with Gasteiger partial charge in [-0.05, 0) is 55.1 Å². The number of nitrogens with one attached hydrogen (secondary N) is 1. The number of para-hydroxylation sites is 1. The molecule has 2 amide bonds. The van der Waals surface area contributed by atoms with E-state index in [2.05, 4.69) is 45.1 Å². The molecule has 5 nitrogen and oxygen atoms in total. The Balaban J connectivity index is 1.88. The number of carbonyl (C=O) groups is 2. The number of amides is 2. The molecule has 0 unspecified atom stereocenters. The Morgan fingerprint density at radius 3 is 2.65 bits per heavy atom. The molecule has 5 heteroatoms. The van der Waals surface area contributed by atoms with E-state index in [9.17, 15) is 9.59 Å². The molecule has 3 N–H and O–H groups in total. The Morgan fingerprint density at radius 1 is 1.23 bits per heavy atom. The van der Waals surface area contributed by atoms with Crippen LogP contribution in [0.5, 0.6) is 0 Å². The molecule has 0 aliphatic carbocycles. The minimum Gasteiger partial charge on any atom is -0.356 e. The molecule has 0 radical (unpaired) electrons. The third-order valence-electron chi connectivity index (χ3n) is 6.55. The summed E-state index contributed by atoms with van der Waals surface area (Å²) in [6, 6.07) is 8.18. The molecule has 2 rings (SSSR count). The van der Waals surface area contributed by atoms with Gasteiger partial charge in [-0.25, -0.2) is 0 Å². The van der Waals surface area contributed by atoms with Gasteiger partial charge in [0, 0.05) is 37.2 Å². The lowest BCUT2D eigenvalue weighted by Gasteiger charge is -2.35. The van der Waals surface area contributed by atoms with Crippen LogP contribution in [0.1, 0.15) is 78.7 Å². The Morgan fingerprint density at radius 2 is 1.94 bits per heavy atom. The van der Waals surface area contributed by atoms with Gasteiger partial charge in [0.05, 0.1) is 0 Å². The number of hydrogen-bond donors (Lipinski definition) is 2. The number of aryl methyl sites for hydroxylation is 1. The third-order valence-corrected chi connectivity index (χ3v) is 6.55. The highest BCUT2D eigenvalue weighted by molar-refractivity contribution is 5.94. The fraction of sp³-hybridized carbons (Fsp3) is 0.692. The first-order chi connectivity index (χ1) is 14.6. The summed E-state index contributed by atoms with van der Waals surface area (Å²) in [5.41, 5.74) is 8.67. The Kier molecular flexibility index (Phi) is 9.54. The lowest BCUT2D eigenvalue weighted by atomic mass is 9.76. The van der Waals surface area contributed by atoms with Crippen LogP contribution in [-0.4, -0.2) is 30.9 Å². The van der Waals surface area contributed by atoms with Crippen LogP contribution in [0.2, 0.25) is 0 Å². The van der Waals surface area contributed by atoms with Crippen LogP contribution in [0, 0.1) is 17.3 Å². The first kappa shape index (κ1) is 25.4. The van der Waals surface area contributed by atoms with Crippen molar-refractivity contribution in [1.82, 2.24) is 5.32 Å². The van der Waals surface area contributed by atoms with E-state index in [0.717, 1.165) is 50.9 Å². The van der Waals surface area contributed by atoms with Gasteiger partial charge in [0.1, 0.15) is 0 Å². The van der Waals surface area contributed by atoms with E-state index in [0.29, 0.717) is 12.8 Å². The zero-order valence-electron chi connectivity index (χ0n) is 20.2. The van der Waals surface area contributed by atoms with E-state index in [1.807, 2.05) is 24.0 Å². The number of nitrogens with two attached hydrogens (primary N) is 1. The maximum Gasteiger partial charge on any atom is 0.227 e. The molecule has 174 valence electrons. The Bertz CT molecular complexity index is 731. The Labute approximate surface area is 189 Å². The lowest BCUT2D eigenvalue weighted by Crippen LogP contribution is -2.40. The number of unbranched alkanes of at least 4 members (excludes halogenated alkanes) is 1. The second kappa shape index (κ2) is 11.7. The second-order valence-corrected chi connectivity index (χ2v) is 10.2. The van der Waals surface area contributed by atoms with E-state index >= 15 is 0 Å². The molecular formula is C26H43N3O2. The maximum absolute atomic E-state index is 13.2. The molecule has 0 spiro atoms. The molecule has 3 atom stereocenters. The van der Waals surface area contributed by atoms with E-state index in [1.165, 1.54) is 5.56 Å². The molecule has 0 saturated carbocycles. The fourth-order valence-corrected chi connectivity index (χ4v) is 4.70. The van der Waals surface area contributed by atoms with E-state index in [1.54, 1.807) is 0 Å². The smallest absolute Gasteiger partial charge is 0.227 e. The predicted molar refractivity (Wildman–Crippen MR) is 129 cm³/mol. The minimum atomic E-state index is -0.146. The number of carbonyl (C=O) groups excluding carboxylic acids is 2. The van der Waals surface area contributed by atoms with Crippen molar-refractivity contribution in [3.63, 3.8) is 0 Å². The number of nitrogens with zero attached hydrogens (tertiary/aromatic N) is 1. The SMILES string of the molecule is CCCCNC(=O)[C@H](C)C[C@H](N)[C@@H](C)CC(C)(C)CC(=O)N1CCCc2ccccc21. The monoisotopic (exact) mass is 429 g/mol. The number of benzene rings is 1. The lowest BCUT2D eigenvalue weighted by molar-refractivity contribution is -0.124. The molecule has 1 aliphatic rings. The molecule has 0 fully saturated rings. The number of anilines is 1. The molecule has 31 heavy (non-hydrogen) atoms. The van der Waals surface area contributed by atoms with Crippen molar-refractivity contribution in [2.24, 2.45) is 23.0 Å². The predicted octanol–water partition coefficient (Wildman–Crippen LogP) is 4.68. The standard InChI is InChI=1S/C26H43N3O2/c1-6-7-14-28-25(31)19(2)16-22(27)20(3)17-26(4,5)18-24(30)29-15-10-12-21-11-8-9-13-23(21)29/h8-9,11,13,19-20,22H,6-7,10,12,14-18,27H2,1-5H3,(H,28,31)/t19-,20+,22+/m1/s1. The zero-order chi connectivity index (χ0) is 23.0. The van der Waals surface area contributed by atoms with Crippen LogP contribution in [0.3, 0.4) is 0 Å². The van der Waals surface area contributed by atoms with Crippen molar-refractivity contribution in [3.8, 4) is 0 Å². The van der Waals surface area contributed by atoms with Gasteiger partial charge in [-0.15, -0.1) is 0 Å². The van der Waals surface area contributed by atoms with Crippen molar-refractivity contribution in [2.45, 2.75) is 85.6 Å². The molecule has 0 aromatic heterocycles. The molecule has 1 aliphatic heterocycles. The first-order valence-corrected chi connectivity index (χ1v) is 12.1. The van der Waals surface area contributed by atoms with Gasteiger partial charge < -0.3 is 16.0 Å². The summed E-state index contributed by atoms with van der Waals surface area (Å²) < 4.78 is 0. The highest BCUT2D eigenvalue weighted by Crippen LogP contribution is 2.34. The zero-order valence-corrected chi connectivity index (χ0v) is 20.2. The molecule has 1 aromatic carbocycles. The maximum atomic E-state index is 13.2. The van der Waals surface area contributed by atoms with Crippen LogP contribution < -0.4 is 16.0 Å². The summed E-state index contributed by atoms with van der Waals surface area (Å²) in [4.78, 5) is 27.4. The van der Waals surface area contributed by atoms with Crippen LogP contribution in [0.15, 0.2) is 24.3 Å². The van der Waals surface area contributed by atoms with Gasteiger partial charge in [0.15, 0.2) is 0 Å². The summed E-state index contributed by atoms with van der Waals surface area (Å²) >= 11 is 0. The van der Waals surface area contributed by atoms with E-state index < -0.39 is 0 Å². The van der Waals surface area contributed by atoms with Crippen LogP contribution >= 0.6 is 0 Å². The second-order valence-electron chi connectivity index (χ2n) is 10.2.